The molecule has 0 saturated carbocycles. The summed E-state index contributed by atoms with van der Waals surface area (Å²) in [6.45, 7) is 1.07. The molecule has 0 bridgehead atoms. The van der Waals surface area contributed by atoms with Crippen molar-refractivity contribution in [3.8, 4) is 0 Å². The van der Waals surface area contributed by atoms with E-state index in [9.17, 15) is 23.6 Å². The van der Waals surface area contributed by atoms with Crippen molar-refractivity contribution in [3.05, 3.63) is 65.5 Å². The van der Waals surface area contributed by atoms with Gasteiger partial charge in [0.15, 0.2) is 0 Å². The quantitative estimate of drug-likeness (QED) is 0.179. The summed E-state index contributed by atoms with van der Waals surface area (Å²) >= 11 is 0. The first kappa shape index (κ1) is 28.9. The van der Waals surface area contributed by atoms with Crippen molar-refractivity contribution in [1.29, 1.82) is 0 Å². The zero-order chi connectivity index (χ0) is 27.0. The Morgan fingerprint density at radius 1 is 0.865 bits per heavy atom. The molecule has 0 aliphatic rings. The fraction of sp³-hybridized carbons (Fsp3) is 0.360. The predicted molar refractivity (Wildman–Crippen MR) is 132 cm³/mol. The normalized spacial score (nSPS) is 11.6. The van der Waals surface area contributed by atoms with Crippen LogP contribution in [0.2, 0.25) is 0 Å². The highest BCUT2D eigenvalue weighted by Crippen LogP contribution is 2.15. The highest BCUT2D eigenvalue weighted by atomic mass is 19.1. The molecule has 2 aromatic carbocycles. The van der Waals surface area contributed by atoms with E-state index in [0.29, 0.717) is 43.7 Å². The second-order valence-corrected chi connectivity index (χ2v) is 8.11. The van der Waals surface area contributed by atoms with Crippen LogP contribution in [-0.4, -0.2) is 53.2 Å². The zero-order valence-electron chi connectivity index (χ0n) is 20.2. The minimum atomic E-state index is -1.30. The molecule has 1 atom stereocenters. The molecule has 3 amide bonds. The number of hydrogen-bond donors (Lipinski definition) is 5. The SMILES string of the molecule is O=C(O)CCC(NC(=O)NCCCCCNC(=O)c1ccc(N=NCc2ccc(F)cc2)cc1)C(=O)O. The lowest BCUT2D eigenvalue weighted by atomic mass is 10.1. The third kappa shape index (κ3) is 11.8. The molecule has 0 heterocycles. The van der Waals surface area contributed by atoms with Crippen LogP contribution < -0.4 is 16.0 Å². The van der Waals surface area contributed by atoms with Gasteiger partial charge in [-0.25, -0.2) is 14.0 Å². The van der Waals surface area contributed by atoms with Gasteiger partial charge in [0.2, 0.25) is 0 Å². The number of aliphatic carboxylic acids is 2. The summed E-state index contributed by atoms with van der Waals surface area (Å²) in [5.74, 6) is -2.98. The number of carboxylic acids is 2. The van der Waals surface area contributed by atoms with Gasteiger partial charge in [0.25, 0.3) is 5.91 Å². The van der Waals surface area contributed by atoms with Crippen LogP contribution in [-0.2, 0) is 16.1 Å². The number of amides is 3. The van der Waals surface area contributed by atoms with E-state index in [4.69, 9.17) is 10.2 Å². The minimum Gasteiger partial charge on any atom is -0.481 e. The Hall–Kier alpha value is -4.35. The Labute approximate surface area is 213 Å². The van der Waals surface area contributed by atoms with E-state index < -0.39 is 24.0 Å². The molecule has 2 rings (SSSR count). The van der Waals surface area contributed by atoms with Crippen molar-refractivity contribution < 1.29 is 33.8 Å². The first-order valence-electron chi connectivity index (χ1n) is 11.7. The first-order chi connectivity index (χ1) is 17.7. The lowest BCUT2D eigenvalue weighted by molar-refractivity contribution is -0.140. The van der Waals surface area contributed by atoms with Gasteiger partial charge in [-0.05, 0) is 67.6 Å². The third-order valence-electron chi connectivity index (χ3n) is 5.16. The molecule has 0 aromatic heterocycles. The Morgan fingerprint density at radius 2 is 1.51 bits per heavy atom. The van der Waals surface area contributed by atoms with E-state index in [1.165, 1.54) is 12.1 Å². The van der Waals surface area contributed by atoms with Crippen LogP contribution in [0.3, 0.4) is 0 Å². The van der Waals surface area contributed by atoms with Crippen LogP contribution in [0.25, 0.3) is 0 Å². The third-order valence-corrected chi connectivity index (χ3v) is 5.16. The number of hydrogen-bond acceptors (Lipinski definition) is 6. The molecule has 0 spiro atoms. The number of azo groups is 1. The summed E-state index contributed by atoms with van der Waals surface area (Å²) in [5, 5.41) is 33.4. The van der Waals surface area contributed by atoms with E-state index in [1.807, 2.05) is 0 Å². The van der Waals surface area contributed by atoms with Gasteiger partial charge in [-0.3, -0.25) is 9.59 Å². The van der Waals surface area contributed by atoms with Crippen LogP contribution in [0, 0.1) is 5.82 Å². The summed E-state index contributed by atoms with van der Waals surface area (Å²) < 4.78 is 12.9. The van der Waals surface area contributed by atoms with E-state index in [0.717, 1.165) is 12.0 Å². The van der Waals surface area contributed by atoms with Gasteiger partial charge in [0, 0.05) is 25.1 Å². The Morgan fingerprint density at radius 3 is 2.14 bits per heavy atom. The second-order valence-electron chi connectivity index (χ2n) is 8.11. The number of unbranched alkanes of at least 4 members (excludes halogenated alkanes) is 2. The number of rotatable bonds is 15. The summed E-state index contributed by atoms with van der Waals surface area (Å²) in [7, 11) is 0. The molecule has 0 radical (unpaired) electrons. The summed E-state index contributed by atoms with van der Waals surface area (Å²) in [4.78, 5) is 45.7. The average molecular weight is 516 g/mol. The lowest BCUT2D eigenvalue weighted by Gasteiger charge is -2.14. The smallest absolute Gasteiger partial charge is 0.326 e. The van der Waals surface area contributed by atoms with E-state index >= 15 is 0 Å². The van der Waals surface area contributed by atoms with Crippen LogP contribution in [0.4, 0.5) is 14.9 Å². The summed E-state index contributed by atoms with van der Waals surface area (Å²) in [6.07, 6.45) is 1.45. The van der Waals surface area contributed by atoms with Gasteiger partial charge in [-0.15, -0.1) is 0 Å². The van der Waals surface area contributed by atoms with Gasteiger partial charge < -0.3 is 26.2 Å². The van der Waals surface area contributed by atoms with Crippen LogP contribution in [0.15, 0.2) is 58.8 Å². The Bertz CT molecular complexity index is 1080. The maximum atomic E-state index is 12.9. The van der Waals surface area contributed by atoms with Crippen molar-refractivity contribution in [1.82, 2.24) is 16.0 Å². The summed E-state index contributed by atoms with van der Waals surface area (Å²) in [6, 6.07) is 10.7. The van der Waals surface area contributed by atoms with Crippen LogP contribution >= 0.6 is 0 Å². The van der Waals surface area contributed by atoms with Crippen molar-refractivity contribution >= 4 is 29.6 Å². The lowest BCUT2D eigenvalue weighted by Crippen LogP contribution is -2.46. The van der Waals surface area contributed by atoms with Crippen molar-refractivity contribution in [2.45, 2.75) is 44.7 Å². The van der Waals surface area contributed by atoms with Crippen molar-refractivity contribution in [2.75, 3.05) is 13.1 Å². The first-order valence-corrected chi connectivity index (χ1v) is 11.7. The molecule has 11 nitrogen and oxygen atoms in total. The van der Waals surface area contributed by atoms with Crippen LogP contribution in [0.1, 0.15) is 48.0 Å². The van der Waals surface area contributed by atoms with Gasteiger partial charge in [-0.2, -0.15) is 10.2 Å². The van der Waals surface area contributed by atoms with Gasteiger partial charge >= 0.3 is 18.0 Å². The number of urea groups is 1. The molecule has 5 N–H and O–H groups in total. The maximum Gasteiger partial charge on any atom is 0.326 e. The number of carboxylic acid groups (broad SMARTS) is 2. The van der Waals surface area contributed by atoms with Crippen molar-refractivity contribution in [2.24, 2.45) is 10.2 Å². The fourth-order valence-corrected chi connectivity index (χ4v) is 3.14. The number of nitrogens with one attached hydrogen (secondary N) is 3. The molecule has 0 aliphatic carbocycles. The van der Waals surface area contributed by atoms with Gasteiger partial charge in [0.1, 0.15) is 11.9 Å². The highest BCUT2D eigenvalue weighted by Gasteiger charge is 2.20. The molecule has 2 aromatic rings. The zero-order valence-corrected chi connectivity index (χ0v) is 20.2. The molecular formula is C25H30FN5O6. The Kier molecular flexibility index (Phi) is 12.2. The largest absolute Gasteiger partial charge is 0.481 e. The fourth-order valence-electron chi connectivity index (χ4n) is 3.14. The molecule has 1 unspecified atom stereocenters. The highest BCUT2D eigenvalue weighted by molar-refractivity contribution is 5.94. The van der Waals surface area contributed by atoms with E-state index in [-0.39, 0.29) is 24.6 Å². The standard InChI is InChI=1S/C25H30FN5O6/c26-19-8-4-17(5-9-19)16-29-31-20-10-6-18(7-11-20)23(34)27-14-2-1-3-15-28-25(37)30-21(24(35)36)12-13-22(32)33/h4-11,21H,1-3,12-16H2,(H,27,34)(H,32,33)(H,35,36)(H2,28,30,37). The molecule has 0 aliphatic heterocycles. The number of halogens is 1. The number of carbonyl (C=O) groups is 4. The number of benzene rings is 2. The molecule has 198 valence electrons. The minimum absolute atomic E-state index is 0.206. The molecule has 37 heavy (non-hydrogen) atoms. The monoisotopic (exact) mass is 515 g/mol. The molecule has 0 fully saturated rings. The molecular weight excluding hydrogens is 485 g/mol. The predicted octanol–water partition coefficient (Wildman–Crippen LogP) is 3.63. The topological polar surface area (TPSA) is 170 Å². The van der Waals surface area contributed by atoms with Crippen molar-refractivity contribution in [3.63, 3.8) is 0 Å². The van der Waals surface area contributed by atoms with Gasteiger partial charge in [-0.1, -0.05) is 12.1 Å². The number of carbonyl (C=O) groups excluding carboxylic acids is 2. The molecule has 0 saturated heterocycles. The number of nitrogens with zero attached hydrogens (tertiary/aromatic N) is 2. The van der Waals surface area contributed by atoms with Crippen LogP contribution in [0.5, 0.6) is 0 Å². The van der Waals surface area contributed by atoms with Gasteiger partial charge in [0.05, 0.1) is 12.2 Å². The maximum absolute atomic E-state index is 12.9. The van der Waals surface area contributed by atoms with E-state index in [2.05, 4.69) is 26.2 Å². The summed E-state index contributed by atoms with van der Waals surface area (Å²) in [5.41, 5.74) is 1.90. The second kappa shape index (κ2) is 15.6. The molecule has 12 heteroatoms. The Balaban J connectivity index is 1.59. The van der Waals surface area contributed by atoms with E-state index in [1.54, 1.807) is 36.4 Å². The average Bonchev–Trinajstić information content (AvgIpc) is 2.87.